The van der Waals surface area contributed by atoms with E-state index >= 15 is 0 Å². The van der Waals surface area contributed by atoms with Crippen LogP contribution in [0.5, 0.6) is 0 Å². The smallest absolute Gasteiger partial charge is 0.183 e. The van der Waals surface area contributed by atoms with Crippen molar-refractivity contribution >= 4 is 56.5 Å². The molecule has 0 atom stereocenters. The van der Waals surface area contributed by atoms with Crippen LogP contribution < -0.4 is 15.9 Å². The van der Waals surface area contributed by atoms with Crippen LogP contribution in [0.4, 0.5) is 11.6 Å². The zero-order chi connectivity index (χ0) is 28.5. The molecule has 4 aromatic rings. The van der Waals surface area contributed by atoms with Crippen molar-refractivity contribution in [3.05, 3.63) is 119 Å². The molecule has 0 saturated heterocycles. The molecule has 6 bridgehead atoms. The van der Waals surface area contributed by atoms with Crippen molar-refractivity contribution in [2.75, 3.05) is 0 Å². The molecular weight excluding hydrogens is 524 g/mol. The van der Waals surface area contributed by atoms with Crippen LogP contribution in [0, 0.1) is 0 Å². The molecule has 0 radical (unpaired) electrons. The van der Waals surface area contributed by atoms with Crippen LogP contribution in [0.3, 0.4) is 0 Å². The largest absolute Gasteiger partial charge is 0.275 e. The lowest BCUT2D eigenvalue weighted by Crippen LogP contribution is -2.37. The van der Waals surface area contributed by atoms with Gasteiger partial charge in [0.05, 0.1) is 0 Å². The summed E-state index contributed by atoms with van der Waals surface area (Å²) in [5.41, 5.74) is 4.60. The van der Waals surface area contributed by atoms with E-state index in [0.29, 0.717) is 46.0 Å². The Kier molecular flexibility index (Phi) is 5.11. The number of aliphatic imine (C=N–C) groups is 4. The van der Waals surface area contributed by atoms with Gasteiger partial charge in [-0.2, -0.15) is 0 Å². The third-order valence-corrected chi connectivity index (χ3v) is 7.72. The number of fused-ring (bicyclic) bond motifs is 8. The molecule has 0 unspecified atom stereocenters. The van der Waals surface area contributed by atoms with Gasteiger partial charge in [-0.3, -0.25) is 4.94 Å². The molecule has 8 rings (SSSR count). The van der Waals surface area contributed by atoms with E-state index < -0.39 is 0 Å². The molecule has 42 heavy (non-hydrogen) atoms. The number of hydrogen-bond acceptors (Lipinski definition) is 7. The zero-order valence-corrected chi connectivity index (χ0v) is 23.2. The second-order valence-electron chi connectivity index (χ2n) is 9.94. The molecule has 9 heteroatoms. The summed E-state index contributed by atoms with van der Waals surface area (Å²) in [5.74, 6) is 3.26. The van der Waals surface area contributed by atoms with Crippen LogP contribution in [0.25, 0.3) is 21.5 Å². The van der Waals surface area contributed by atoms with Crippen LogP contribution in [0.2, 0.25) is 0 Å². The molecule has 0 aliphatic carbocycles. The molecule has 4 aliphatic rings. The molecule has 9 nitrogen and oxygen atoms in total. The molecule has 0 N–H and O–H groups in total. The highest BCUT2D eigenvalue weighted by molar-refractivity contribution is 6.28. The minimum Gasteiger partial charge on any atom is -0.275 e. The van der Waals surface area contributed by atoms with E-state index in [-0.39, 0.29) is 0 Å². The Morgan fingerprint density at radius 3 is 1.45 bits per heavy atom. The predicted molar refractivity (Wildman–Crippen MR) is 167 cm³/mol. The first-order valence-electron chi connectivity index (χ1n) is 13.7. The first-order chi connectivity index (χ1) is 20.6. The number of benzene rings is 2. The van der Waals surface area contributed by atoms with E-state index in [1.807, 2.05) is 93.6 Å². The first-order valence-corrected chi connectivity index (χ1v) is 13.7. The van der Waals surface area contributed by atoms with Crippen LogP contribution in [0.15, 0.2) is 138 Å². The number of allylic oxidation sites excluding steroid dienone is 5. The van der Waals surface area contributed by atoms with Gasteiger partial charge in [-0.25, -0.2) is 30.0 Å². The lowest BCUT2D eigenvalue weighted by Gasteiger charge is -2.12. The summed E-state index contributed by atoms with van der Waals surface area (Å²) in [4.78, 5) is 37.1. The fourth-order valence-corrected chi connectivity index (χ4v) is 5.84. The van der Waals surface area contributed by atoms with E-state index in [1.54, 1.807) is 15.5 Å². The van der Waals surface area contributed by atoms with Crippen molar-refractivity contribution < 1.29 is 4.94 Å². The van der Waals surface area contributed by atoms with Gasteiger partial charge in [0.15, 0.2) is 46.0 Å². The predicted octanol–water partition coefficient (Wildman–Crippen LogP) is 5.59. The van der Waals surface area contributed by atoms with Gasteiger partial charge in [-0.1, -0.05) is 85.5 Å². The van der Waals surface area contributed by atoms with E-state index in [2.05, 4.69) is 6.58 Å². The third-order valence-electron chi connectivity index (χ3n) is 7.72. The van der Waals surface area contributed by atoms with Gasteiger partial charge < -0.3 is 0 Å². The summed E-state index contributed by atoms with van der Waals surface area (Å²) in [6, 6.07) is 16.0. The number of rotatable bonds is 1. The lowest BCUT2D eigenvalue weighted by molar-refractivity contribution is 0.0302. The highest BCUT2D eigenvalue weighted by Crippen LogP contribution is 2.40. The Balaban J connectivity index is 1.65. The van der Waals surface area contributed by atoms with E-state index in [9.17, 15) is 0 Å². The minimum atomic E-state index is 0.516. The van der Waals surface area contributed by atoms with Crippen LogP contribution in [0.1, 0.15) is 20.8 Å². The zero-order valence-electron chi connectivity index (χ0n) is 23.2. The third kappa shape index (κ3) is 3.18. The molecule has 0 spiro atoms. The van der Waals surface area contributed by atoms with Crippen LogP contribution in [-0.2, 0) is 0 Å². The van der Waals surface area contributed by atoms with Crippen LogP contribution in [-0.4, -0.2) is 32.8 Å². The fourth-order valence-electron chi connectivity index (χ4n) is 5.84. The highest BCUT2D eigenvalue weighted by atomic mass is 16.8. The lowest BCUT2D eigenvalue weighted by atomic mass is 10.1. The van der Waals surface area contributed by atoms with E-state index in [4.69, 9.17) is 34.9 Å². The summed E-state index contributed by atoms with van der Waals surface area (Å²) in [5, 5.41) is 3.45. The standard InChI is InChI=1S/C33H24N8O/c1-5-13-21-20(8-4)28-35-29(21)39-33-25-17-12-11-16-24(25)31-37-27-19(7-3)18(6-2)26(34-27)36-30-22-14-9-10-15-23(22)32(38-28)40(30)42-41(31)33/h5-17H,1H2,2-4H3/b18-6+,19-7?,20-8+,21-13?,36-26?,36-30?,37-27?,37-31?,38-28?,38-32?,39-29?,39-33?. The molecule has 6 heterocycles. The average molecular weight is 549 g/mol. The van der Waals surface area contributed by atoms with Gasteiger partial charge in [0.25, 0.3) is 0 Å². The Morgan fingerprint density at radius 2 is 0.976 bits per heavy atom. The van der Waals surface area contributed by atoms with Gasteiger partial charge in [-0.15, -0.1) is 9.46 Å². The normalized spacial score (nSPS) is 20.7. The van der Waals surface area contributed by atoms with Crippen molar-refractivity contribution in [3.63, 3.8) is 0 Å². The van der Waals surface area contributed by atoms with Crippen molar-refractivity contribution in [2.45, 2.75) is 20.8 Å². The van der Waals surface area contributed by atoms with Gasteiger partial charge in [-0.05, 0) is 20.8 Å². The van der Waals surface area contributed by atoms with Crippen molar-refractivity contribution in [1.29, 1.82) is 0 Å². The number of nitrogens with zero attached hydrogens (tertiary/aromatic N) is 8. The van der Waals surface area contributed by atoms with Crippen molar-refractivity contribution in [2.24, 2.45) is 30.0 Å². The molecule has 2 aromatic carbocycles. The summed E-state index contributed by atoms with van der Waals surface area (Å²) < 4.78 is 3.29. The molecule has 2 aromatic heterocycles. The summed E-state index contributed by atoms with van der Waals surface area (Å²) in [7, 11) is 0. The molecule has 0 fully saturated rings. The highest BCUT2D eigenvalue weighted by Gasteiger charge is 2.31. The van der Waals surface area contributed by atoms with Gasteiger partial charge in [0, 0.05) is 43.8 Å². The maximum atomic E-state index is 6.80. The molecular formula is C33H24N8O. The van der Waals surface area contributed by atoms with Gasteiger partial charge in [0.2, 0.25) is 0 Å². The maximum Gasteiger partial charge on any atom is 0.183 e. The minimum absolute atomic E-state index is 0.516. The second kappa shape index (κ2) is 8.90. The second-order valence-corrected chi connectivity index (χ2v) is 9.94. The molecule has 202 valence electrons. The molecule has 4 aliphatic heterocycles. The number of aromatic nitrogens is 2. The topological polar surface area (TPSA) is 93.2 Å². The maximum absolute atomic E-state index is 6.80. The number of amidine groups is 4. The number of hydrogen-bond donors (Lipinski definition) is 0. The quantitative estimate of drug-likeness (QED) is 0.305. The van der Waals surface area contributed by atoms with Crippen LogP contribution >= 0.6 is 0 Å². The van der Waals surface area contributed by atoms with Gasteiger partial charge in [0.1, 0.15) is 0 Å². The Bertz CT molecular complexity index is 2310. The van der Waals surface area contributed by atoms with Crippen molar-refractivity contribution in [1.82, 2.24) is 9.46 Å². The summed E-state index contributed by atoms with van der Waals surface area (Å²) >= 11 is 0. The van der Waals surface area contributed by atoms with E-state index in [0.717, 1.165) is 43.8 Å². The SMILES string of the molecule is C=CC=C1C2=Nc3c4ccccc4c4n3On3c(c5ccccc5c3=NC(=N2)/C1=C/C)=NC1=NC(=N4)C(=CC)/C1=C\C. The Morgan fingerprint density at radius 1 is 0.548 bits per heavy atom. The summed E-state index contributed by atoms with van der Waals surface area (Å²) in [6.07, 6.45) is 9.67. The Hall–Kier alpha value is -5.70. The summed E-state index contributed by atoms with van der Waals surface area (Å²) in [6.45, 7) is 9.87. The first kappa shape index (κ1) is 24.1. The van der Waals surface area contributed by atoms with Crippen molar-refractivity contribution in [3.8, 4) is 0 Å². The Labute approximate surface area is 240 Å². The van der Waals surface area contributed by atoms with Gasteiger partial charge >= 0.3 is 0 Å². The van der Waals surface area contributed by atoms with E-state index in [1.165, 1.54) is 0 Å². The average Bonchev–Trinajstić information content (AvgIpc) is 3.70. The molecule has 0 amide bonds. The fraction of sp³-hybridized carbons (Fsp3) is 0.0909. The monoisotopic (exact) mass is 548 g/mol. The molecule has 0 saturated carbocycles.